The smallest absolute Gasteiger partial charge is 0.256 e. The van der Waals surface area contributed by atoms with E-state index in [1.165, 1.54) is 11.3 Å². The summed E-state index contributed by atoms with van der Waals surface area (Å²) in [6, 6.07) is 12.9. The Morgan fingerprint density at radius 1 is 1.03 bits per heavy atom. The molecule has 0 atom stereocenters. The van der Waals surface area contributed by atoms with Crippen LogP contribution in [-0.4, -0.2) is 18.4 Å². The van der Waals surface area contributed by atoms with Crippen molar-refractivity contribution >= 4 is 51.4 Å². The molecule has 2 N–H and O–H groups in total. The van der Waals surface area contributed by atoms with Gasteiger partial charge in [0.25, 0.3) is 11.8 Å². The molecule has 1 aromatic heterocycles. The molecule has 0 aliphatic heterocycles. The highest BCUT2D eigenvalue weighted by Crippen LogP contribution is 2.39. The van der Waals surface area contributed by atoms with Crippen LogP contribution in [0.1, 0.15) is 69.3 Å². The van der Waals surface area contributed by atoms with Crippen molar-refractivity contribution < 1.29 is 14.3 Å². The second-order valence-electron chi connectivity index (χ2n) is 8.51. The van der Waals surface area contributed by atoms with Crippen LogP contribution in [0, 0.1) is 0 Å². The molecule has 4 rings (SSSR count). The molecule has 2 amide bonds. The quantitative estimate of drug-likeness (QED) is 0.285. The van der Waals surface area contributed by atoms with Crippen LogP contribution in [-0.2, 0) is 19.4 Å². The van der Waals surface area contributed by atoms with Gasteiger partial charge in [-0.25, -0.2) is 0 Å². The van der Waals surface area contributed by atoms with Crippen LogP contribution < -0.4 is 15.4 Å². The maximum absolute atomic E-state index is 13.3. The second-order valence-corrected chi connectivity index (χ2v) is 10.4. The first-order valence-electron chi connectivity index (χ1n) is 11.9. The van der Waals surface area contributed by atoms with Crippen LogP contribution in [0.15, 0.2) is 42.5 Å². The fourth-order valence-corrected chi connectivity index (χ4v) is 5.96. The lowest BCUT2D eigenvalue weighted by Crippen LogP contribution is -2.25. The molecule has 184 valence electrons. The van der Waals surface area contributed by atoms with Crippen molar-refractivity contribution in [3.63, 3.8) is 0 Å². The Kier molecular flexibility index (Phi) is 8.71. The second kappa shape index (κ2) is 11.9. The summed E-state index contributed by atoms with van der Waals surface area (Å²) in [4.78, 5) is 27.6. The van der Waals surface area contributed by atoms with Crippen LogP contribution in [0.2, 0.25) is 10.0 Å². The average molecular weight is 532 g/mol. The largest absolute Gasteiger partial charge is 0.490 e. The lowest BCUT2D eigenvalue weighted by Gasteiger charge is -2.14. The van der Waals surface area contributed by atoms with Gasteiger partial charge in [-0.1, -0.05) is 66.9 Å². The Bertz CT molecular complexity index is 1190. The molecule has 5 nitrogen and oxygen atoms in total. The van der Waals surface area contributed by atoms with Gasteiger partial charge < -0.3 is 15.4 Å². The molecule has 1 aliphatic rings. The molecule has 0 saturated heterocycles. The molecule has 35 heavy (non-hydrogen) atoms. The summed E-state index contributed by atoms with van der Waals surface area (Å²) in [6.45, 7) is 2.99. The number of amides is 2. The molecule has 0 saturated carbocycles. The third-order valence-corrected chi connectivity index (χ3v) is 7.69. The zero-order valence-electron chi connectivity index (χ0n) is 19.6. The van der Waals surface area contributed by atoms with Crippen molar-refractivity contribution in [1.29, 1.82) is 0 Å². The van der Waals surface area contributed by atoms with Crippen molar-refractivity contribution in [3.05, 3.63) is 79.6 Å². The number of thiophene rings is 1. The summed E-state index contributed by atoms with van der Waals surface area (Å²) in [7, 11) is 0. The third kappa shape index (κ3) is 6.18. The van der Waals surface area contributed by atoms with Crippen molar-refractivity contribution in [3.8, 4) is 5.75 Å². The minimum absolute atomic E-state index is 0.181. The van der Waals surface area contributed by atoms with Crippen LogP contribution in [0.25, 0.3) is 0 Å². The van der Waals surface area contributed by atoms with E-state index in [1.807, 2.05) is 30.3 Å². The van der Waals surface area contributed by atoms with E-state index in [-0.39, 0.29) is 21.9 Å². The minimum Gasteiger partial charge on any atom is -0.490 e. The van der Waals surface area contributed by atoms with E-state index in [0.717, 1.165) is 54.5 Å². The van der Waals surface area contributed by atoms with Gasteiger partial charge in [-0.2, -0.15) is 0 Å². The van der Waals surface area contributed by atoms with Gasteiger partial charge >= 0.3 is 0 Å². The first-order valence-corrected chi connectivity index (χ1v) is 13.4. The molecule has 0 unspecified atom stereocenters. The first kappa shape index (κ1) is 25.5. The van der Waals surface area contributed by atoms with Gasteiger partial charge in [-0.3, -0.25) is 9.59 Å². The van der Waals surface area contributed by atoms with Crippen molar-refractivity contribution in [2.45, 2.75) is 52.0 Å². The fourth-order valence-electron chi connectivity index (χ4n) is 4.08. The number of fused-ring (bicyclic) bond motifs is 1. The van der Waals surface area contributed by atoms with Gasteiger partial charge in [0.05, 0.1) is 22.2 Å². The molecule has 8 heteroatoms. The highest BCUT2D eigenvalue weighted by atomic mass is 35.5. The molecule has 0 bridgehead atoms. The third-order valence-electron chi connectivity index (χ3n) is 5.93. The van der Waals surface area contributed by atoms with Gasteiger partial charge in [-0.05, 0) is 55.4 Å². The fraction of sp³-hybridized carbons (Fsp3) is 0.333. The van der Waals surface area contributed by atoms with Crippen LogP contribution >= 0.6 is 34.5 Å². The van der Waals surface area contributed by atoms with E-state index in [1.54, 1.807) is 12.1 Å². The molecular formula is C27H28Cl2N2O3S. The molecule has 0 fully saturated rings. The number of rotatable bonds is 9. The Hall–Kier alpha value is -2.54. The first-order chi connectivity index (χ1) is 17.0. The summed E-state index contributed by atoms with van der Waals surface area (Å²) < 4.78 is 5.68. The van der Waals surface area contributed by atoms with Crippen molar-refractivity contribution in [2.75, 3.05) is 11.9 Å². The van der Waals surface area contributed by atoms with Gasteiger partial charge in [0.1, 0.15) is 5.00 Å². The highest BCUT2D eigenvalue weighted by Gasteiger charge is 2.27. The Balaban J connectivity index is 1.55. The topological polar surface area (TPSA) is 67.4 Å². The number of unbranched alkanes of at least 4 members (excludes halogenated alkanes) is 1. The molecule has 0 radical (unpaired) electrons. The zero-order valence-corrected chi connectivity index (χ0v) is 21.9. The molecule has 0 spiro atoms. The van der Waals surface area contributed by atoms with E-state index in [9.17, 15) is 9.59 Å². The number of halogens is 2. The maximum atomic E-state index is 13.3. The monoisotopic (exact) mass is 530 g/mol. The number of hydrogen-bond acceptors (Lipinski definition) is 4. The number of carbonyl (C=O) groups excluding carboxylic acids is 2. The number of ether oxygens (including phenoxy) is 1. The number of benzene rings is 2. The van der Waals surface area contributed by atoms with Gasteiger partial charge in [0.15, 0.2) is 5.75 Å². The predicted octanol–water partition coefficient (Wildman–Crippen LogP) is 7.29. The summed E-state index contributed by atoms with van der Waals surface area (Å²) in [6.07, 6.45) is 5.72. The number of nitrogens with one attached hydrogen (secondary N) is 2. The van der Waals surface area contributed by atoms with Crippen LogP contribution in [0.4, 0.5) is 5.00 Å². The van der Waals surface area contributed by atoms with Gasteiger partial charge in [0.2, 0.25) is 0 Å². The summed E-state index contributed by atoms with van der Waals surface area (Å²) >= 11 is 14.2. The SMILES string of the molecule is CCCCOc1c(Cl)cc(C(=O)Nc2sc3c(c2C(=O)NCc2ccccc2)CCCC3)cc1Cl. The number of carbonyl (C=O) groups is 2. The van der Waals surface area contributed by atoms with E-state index in [2.05, 4.69) is 17.6 Å². The van der Waals surface area contributed by atoms with Crippen LogP contribution in [0.5, 0.6) is 5.75 Å². The van der Waals surface area contributed by atoms with Crippen molar-refractivity contribution in [1.82, 2.24) is 5.32 Å². The van der Waals surface area contributed by atoms with E-state index in [0.29, 0.717) is 35.0 Å². The Morgan fingerprint density at radius 2 is 1.74 bits per heavy atom. The summed E-state index contributed by atoms with van der Waals surface area (Å²) in [5.41, 5.74) is 2.93. The molecule has 3 aromatic rings. The number of hydrogen-bond donors (Lipinski definition) is 2. The number of anilines is 1. The molecule has 1 aliphatic carbocycles. The van der Waals surface area contributed by atoms with Gasteiger partial charge in [0, 0.05) is 17.0 Å². The Labute approximate surface area is 219 Å². The predicted molar refractivity (Wildman–Crippen MR) is 143 cm³/mol. The lowest BCUT2D eigenvalue weighted by molar-refractivity contribution is 0.0951. The average Bonchev–Trinajstić information content (AvgIpc) is 3.22. The molecular weight excluding hydrogens is 503 g/mol. The number of aryl methyl sites for hydroxylation is 1. The van der Waals surface area contributed by atoms with E-state index < -0.39 is 0 Å². The zero-order chi connectivity index (χ0) is 24.8. The Morgan fingerprint density at radius 3 is 2.46 bits per heavy atom. The van der Waals surface area contributed by atoms with E-state index in [4.69, 9.17) is 27.9 Å². The standard InChI is InChI=1S/C27H28Cl2N2O3S/c1-2-3-13-34-24-20(28)14-18(15-21(24)29)25(32)31-27-23(19-11-7-8-12-22(19)35-27)26(33)30-16-17-9-5-4-6-10-17/h4-6,9-10,14-15H,2-3,7-8,11-13,16H2,1H3,(H,30,33)(H,31,32). The summed E-state index contributed by atoms with van der Waals surface area (Å²) in [5.74, 6) is -0.171. The lowest BCUT2D eigenvalue weighted by atomic mass is 9.95. The molecule has 1 heterocycles. The normalized spacial score (nSPS) is 12.7. The van der Waals surface area contributed by atoms with E-state index >= 15 is 0 Å². The van der Waals surface area contributed by atoms with Crippen molar-refractivity contribution in [2.24, 2.45) is 0 Å². The van der Waals surface area contributed by atoms with Crippen LogP contribution in [0.3, 0.4) is 0 Å². The minimum atomic E-state index is -0.371. The summed E-state index contributed by atoms with van der Waals surface area (Å²) in [5, 5.41) is 7.09. The van der Waals surface area contributed by atoms with Gasteiger partial charge in [-0.15, -0.1) is 11.3 Å². The maximum Gasteiger partial charge on any atom is 0.256 e. The molecule has 2 aromatic carbocycles. The highest BCUT2D eigenvalue weighted by molar-refractivity contribution is 7.17.